The van der Waals surface area contributed by atoms with E-state index in [9.17, 15) is 0 Å². The molecule has 20 rings (SSSR count). The van der Waals surface area contributed by atoms with E-state index in [1.165, 1.54) is 85.9 Å². The Balaban J connectivity index is 0.795. The van der Waals surface area contributed by atoms with Gasteiger partial charge in [-0.05, 0) is 88.4 Å². The molecule has 8 heterocycles. The molecule has 0 atom stereocenters. The van der Waals surface area contributed by atoms with Crippen molar-refractivity contribution in [2.45, 2.75) is 0 Å². The van der Waals surface area contributed by atoms with Crippen molar-refractivity contribution in [3.8, 4) is 79.7 Å². The van der Waals surface area contributed by atoms with Crippen molar-refractivity contribution in [3.63, 3.8) is 0 Å². The van der Waals surface area contributed by atoms with E-state index < -0.39 is 8.24 Å². The average molecular weight is 1260 g/mol. The maximum absolute atomic E-state index is 5.50. The van der Waals surface area contributed by atoms with Crippen LogP contribution >= 0.6 is 45.3 Å². The van der Waals surface area contributed by atoms with Gasteiger partial charge >= 0.3 is 0 Å². The van der Waals surface area contributed by atoms with E-state index >= 15 is 0 Å². The first kappa shape index (κ1) is 52.0. The fourth-order valence-corrected chi connectivity index (χ4v) is 23.8. The van der Waals surface area contributed by atoms with Gasteiger partial charge in [0.25, 0.3) is 8.24 Å². The highest BCUT2D eigenvalue weighted by molar-refractivity contribution is 7.27. The Morgan fingerprint density at radius 1 is 0.250 bits per heavy atom. The second-order valence-corrected chi connectivity index (χ2v) is 31.4. The molecule has 13 heteroatoms. The van der Waals surface area contributed by atoms with E-state index in [1.54, 1.807) is 45.3 Å². The van der Waals surface area contributed by atoms with Crippen molar-refractivity contribution in [2.24, 2.45) is 0 Å². The van der Waals surface area contributed by atoms with Gasteiger partial charge in [0.2, 0.25) is 0 Å². The van der Waals surface area contributed by atoms with Crippen LogP contribution in [0.1, 0.15) is 0 Å². The second-order valence-electron chi connectivity index (χ2n) is 23.5. The summed E-state index contributed by atoms with van der Waals surface area (Å²) in [6.45, 7) is 0. The molecule has 0 N–H and O–H groups in total. The molecular formula is C79H44N8S4Si. The summed E-state index contributed by atoms with van der Waals surface area (Å²) in [4.78, 5) is 38.2. The normalized spacial score (nSPS) is 12.9. The SMILES string of the molecule is c1cc(-c2nc(-c3ccc4c(c3)sc3ccccc34)nc(-c3ccc4c(c3)sc3ccccc34)n2)cc([Si]2(c3cccc(-c4nc(-c5ccc6c(c5)sc5ccccc56)nc(-c5ccc6c(c5)sc5ccccc56)n4)c3)c3ccccc3-c3nc4ccccc4n32)c1. The zero-order valence-corrected chi connectivity index (χ0v) is 52.9. The predicted octanol–water partition coefficient (Wildman–Crippen LogP) is 19.4. The van der Waals surface area contributed by atoms with E-state index in [1.807, 2.05) is 0 Å². The van der Waals surface area contributed by atoms with Crippen LogP contribution in [-0.2, 0) is 0 Å². The maximum atomic E-state index is 5.50. The Morgan fingerprint density at radius 2 is 0.576 bits per heavy atom. The number of rotatable bonds is 8. The fraction of sp³-hybridized carbons (Fsp3) is 0. The molecule has 19 aromatic rings. The molecule has 0 saturated carbocycles. The van der Waals surface area contributed by atoms with E-state index in [0.29, 0.717) is 34.9 Å². The van der Waals surface area contributed by atoms with Gasteiger partial charge in [-0.25, -0.2) is 34.9 Å². The van der Waals surface area contributed by atoms with E-state index in [2.05, 4.69) is 271 Å². The monoisotopic (exact) mass is 1260 g/mol. The molecular weight excluding hydrogens is 1220 g/mol. The molecule has 7 aromatic heterocycles. The summed E-state index contributed by atoms with van der Waals surface area (Å²) in [7, 11) is -3.45. The third-order valence-electron chi connectivity index (χ3n) is 18.3. The van der Waals surface area contributed by atoms with Crippen molar-refractivity contribution < 1.29 is 0 Å². The summed E-state index contributed by atoms with van der Waals surface area (Å²) in [5.41, 5.74) is 8.61. The van der Waals surface area contributed by atoms with Gasteiger partial charge in [-0.1, -0.05) is 194 Å². The lowest BCUT2D eigenvalue weighted by molar-refractivity contribution is 1.08. The fourth-order valence-electron chi connectivity index (χ4n) is 14.1. The number of nitrogens with zero attached hydrogens (tertiary/aromatic N) is 8. The lowest BCUT2D eigenvalue weighted by atomic mass is 10.1. The van der Waals surface area contributed by atoms with Gasteiger partial charge in [0, 0.05) is 120 Å². The Hall–Kier alpha value is -10.8. The number of imidazole rings is 1. The molecule has 0 aliphatic carbocycles. The first-order chi connectivity index (χ1) is 45.5. The summed E-state index contributed by atoms with van der Waals surface area (Å²) in [6, 6.07) is 96.5. The van der Waals surface area contributed by atoms with Crippen LogP contribution in [0.4, 0.5) is 0 Å². The Bertz CT molecular complexity index is 5750. The lowest BCUT2D eigenvalue weighted by Gasteiger charge is -2.32. The molecule has 92 heavy (non-hydrogen) atoms. The summed E-state index contributed by atoms with van der Waals surface area (Å²) >= 11 is 7.18. The topological polar surface area (TPSA) is 95.2 Å². The molecule has 0 spiro atoms. The summed E-state index contributed by atoms with van der Waals surface area (Å²) < 4.78 is 12.3. The third kappa shape index (κ3) is 7.93. The average Bonchev–Trinajstić information content (AvgIpc) is 1.51. The van der Waals surface area contributed by atoms with Crippen LogP contribution in [0.15, 0.2) is 267 Å². The highest BCUT2D eigenvalue weighted by Crippen LogP contribution is 2.43. The molecule has 1 aliphatic heterocycles. The van der Waals surface area contributed by atoms with Gasteiger partial charge in [0.15, 0.2) is 34.9 Å². The number of hydrogen-bond donors (Lipinski definition) is 0. The van der Waals surface area contributed by atoms with Crippen LogP contribution in [0.2, 0.25) is 0 Å². The van der Waals surface area contributed by atoms with Crippen molar-refractivity contribution >= 4 is 161 Å². The Labute approximate surface area is 542 Å². The molecule has 0 bridgehead atoms. The van der Waals surface area contributed by atoms with Crippen LogP contribution in [0.25, 0.3) is 171 Å². The molecule has 0 radical (unpaired) electrons. The van der Waals surface area contributed by atoms with Gasteiger partial charge in [0.05, 0.1) is 11.0 Å². The zero-order valence-electron chi connectivity index (χ0n) is 48.6. The van der Waals surface area contributed by atoms with Crippen molar-refractivity contribution in [1.82, 2.24) is 39.1 Å². The van der Waals surface area contributed by atoms with E-state index in [-0.39, 0.29) is 0 Å². The van der Waals surface area contributed by atoms with Crippen molar-refractivity contribution in [3.05, 3.63) is 267 Å². The van der Waals surface area contributed by atoms with Gasteiger partial charge < -0.3 is 4.23 Å². The van der Waals surface area contributed by atoms with Gasteiger partial charge in [-0.15, -0.1) is 45.3 Å². The molecule has 1 aliphatic rings. The van der Waals surface area contributed by atoms with E-state index in [0.717, 1.165) is 66.2 Å². The van der Waals surface area contributed by atoms with E-state index in [4.69, 9.17) is 34.9 Å². The Morgan fingerprint density at radius 3 is 0.978 bits per heavy atom. The van der Waals surface area contributed by atoms with Gasteiger partial charge in [-0.2, -0.15) is 0 Å². The number of benzene rings is 12. The van der Waals surface area contributed by atoms with Crippen LogP contribution in [-0.4, -0.2) is 47.4 Å². The molecule has 0 fully saturated rings. The van der Waals surface area contributed by atoms with Crippen molar-refractivity contribution in [1.29, 1.82) is 0 Å². The quantitative estimate of drug-likeness (QED) is 0.140. The van der Waals surface area contributed by atoms with Gasteiger partial charge in [0.1, 0.15) is 5.82 Å². The number of thiophene rings is 4. The standard InChI is InChI=1S/C79H44N8S4Si/c1-8-26-64-53(19-1)57-35-31-47(41-68(57)88-64)75-81-73(82-76(85-75)48-32-36-58-54-20-2-9-27-65(54)89-69(58)42-48)45-15-13-17-51(39-45)92(72-30-12-5-23-61(72)79-80-62-24-6-7-25-63(62)87(79)92)52-18-14-16-46(40-52)74-83-77(49-33-37-59-55-21-3-10-28-66(55)90-70(59)43-49)86-78(84-74)50-34-38-60-56-22-4-11-29-67(56)91-71(60)44-50/h1-44H. The van der Waals surface area contributed by atoms with Gasteiger partial charge in [-0.3, -0.25) is 0 Å². The number of para-hydroxylation sites is 2. The third-order valence-corrected chi connectivity index (χ3v) is 27.5. The minimum absolute atomic E-state index is 0.590. The van der Waals surface area contributed by atoms with Crippen molar-refractivity contribution in [2.75, 3.05) is 0 Å². The molecule has 0 saturated heterocycles. The molecule has 0 unspecified atom stereocenters. The largest absolute Gasteiger partial charge is 0.339 e. The van der Waals surface area contributed by atoms with Crippen LogP contribution < -0.4 is 15.6 Å². The van der Waals surface area contributed by atoms with Crippen LogP contribution in [0, 0.1) is 0 Å². The minimum atomic E-state index is -3.45. The number of aromatic nitrogens is 8. The second kappa shape index (κ2) is 20.1. The smallest absolute Gasteiger partial charge is 0.259 e. The molecule has 8 nitrogen and oxygen atoms in total. The van der Waals surface area contributed by atoms with Crippen LogP contribution in [0.5, 0.6) is 0 Å². The molecule has 12 aromatic carbocycles. The molecule has 428 valence electrons. The number of fused-ring (bicyclic) bond motifs is 17. The minimum Gasteiger partial charge on any atom is -0.339 e. The summed E-state index contributed by atoms with van der Waals surface area (Å²) in [5.74, 6) is 4.58. The van der Waals surface area contributed by atoms with Crippen LogP contribution in [0.3, 0.4) is 0 Å². The predicted molar refractivity (Wildman–Crippen MR) is 389 cm³/mol. The summed E-state index contributed by atoms with van der Waals surface area (Å²) in [6.07, 6.45) is 0. The molecule has 0 amide bonds. The first-order valence-corrected chi connectivity index (χ1v) is 35.7. The maximum Gasteiger partial charge on any atom is 0.259 e. The highest BCUT2D eigenvalue weighted by Gasteiger charge is 2.51. The number of hydrogen-bond acceptors (Lipinski definition) is 11. The Kier molecular flexibility index (Phi) is 11.4. The first-order valence-electron chi connectivity index (χ1n) is 30.5. The highest BCUT2D eigenvalue weighted by atomic mass is 32.1. The lowest BCUT2D eigenvalue weighted by Crippen LogP contribution is -2.70. The zero-order chi connectivity index (χ0) is 60.2. The summed E-state index contributed by atoms with van der Waals surface area (Å²) in [5, 5.41) is 13.4.